The molecule has 100 valence electrons. The molecule has 0 heterocycles. The predicted molar refractivity (Wildman–Crippen MR) is 71.5 cm³/mol. The van der Waals surface area contributed by atoms with Gasteiger partial charge in [0.1, 0.15) is 11.8 Å². The number of rotatable bonds is 5. The van der Waals surface area contributed by atoms with Gasteiger partial charge < -0.3 is 14.8 Å². The zero-order chi connectivity index (χ0) is 14.3. The number of nitriles is 1. The first-order valence-electron chi connectivity index (χ1n) is 5.78. The second-order valence-corrected chi connectivity index (χ2v) is 4.00. The molecule has 0 saturated carbocycles. The molecule has 0 amide bonds. The van der Waals surface area contributed by atoms with Crippen LogP contribution < -0.4 is 10.1 Å². The molecule has 0 aliphatic rings. The average molecular weight is 260 g/mol. The highest BCUT2D eigenvalue weighted by atomic mass is 16.5. The number of carbonyl (C=O) groups is 1. The van der Waals surface area contributed by atoms with E-state index in [0.29, 0.717) is 0 Å². The number of hydrogen-bond acceptors (Lipinski definition) is 5. The van der Waals surface area contributed by atoms with E-state index in [1.165, 1.54) is 13.3 Å². The lowest BCUT2D eigenvalue weighted by molar-refractivity contribution is -0.135. The van der Waals surface area contributed by atoms with Crippen LogP contribution in [0.2, 0.25) is 0 Å². The summed E-state index contributed by atoms with van der Waals surface area (Å²) in [4.78, 5) is 11.2. The van der Waals surface area contributed by atoms with Crippen LogP contribution in [0.1, 0.15) is 13.8 Å². The third-order valence-corrected chi connectivity index (χ3v) is 2.14. The second-order valence-electron chi connectivity index (χ2n) is 4.00. The summed E-state index contributed by atoms with van der Waals surface area (Å²) in [5.74, 6) is 0.0905. The van der Waals surface area contributed by atoms with E-state index in [1.54, 1.807) is 30.3 Å². The van der Waals surface area contributed by atoms with Gasteiger partial charge in [-0.2, -0.15) is 5.26 Å². The Labute approximate surface area is 112 Å². The number of nitrogens with zero attached hydrogens (tertiary/aromatic N) is 1. The van der Waals surface area contributed by atoms with E-state index in [2.05, 4.69) is 10.1 Å². The summed E-state index contributed by atoms with van der Waals surface area (Å²) in [5, 5.41) is 11.6. The Morgan fingerprint density at radius 3 is 2.47 bits per heavy atom. The van der Waals surface area contributed by atoms with Crippen LogP contribution in [0.4, 0.5) is 5.69 Å². The molecule has 0 atom stereocenters. The molecule has 0 aromatic heterocycles. The van der Waals surface area contributed by atoms with E-state index < -0.39 is 5.97 Å². The molecule has 0 fully saturated rings. The molecule has 1 aromatic carbocycles. The Bertz CT molecular complexity index is 498. The highest BCUT2D eigenvalue weighted by Gasteiger charge is 2.07. The summed E-state index contributed by atoms with van der Waals surface area (Å²) >= 11 is 0. The lowest BCUT2D eigenvalue weighted by Gasteiger charge is -2.10. The van der Waals surface area contributed by atoms with Gasteiger partial charge in [-0.15, -0.1) is 0 Å². The topological polar surface area (TPSA) is 71.4 Å². The van der Waals surface area contributed by atoms with Crippen molar-refractivity contribution in [2.75, 3.05) is 12.4 Å². The Balaban J connectivity index is 2.70. The van der Waals surface area contributed by atoms with Crippen LogP contribution in [0.25, 0.3) is 0 Å². The fourth-order valence-corrected chi connectivity index (χ4v) is 1.30. The Kier molecular flexibility index (Phi) is 5.42. The maximum absolute atomic E-state index is 11.2. The summed E-state index contributed by atoms with van der Waals surface area (Å²) in [6.07, 6.45) is 1.42. The Hall–Kier alpha value is -2.48. The highest BCUT2D eigenvalue weighted by Crippen LogP contribution is 2.17. The van der Waals surface area contributed by atoms with Crippen LogP contribution in [0.5, 0.6) is 5.75 Å². The van der Waals surface area contributed by atoms with Crippen molar-refractivity contribution < 1.29 is 14.3 Å². The summed E-state index contributed by atoms with van der Waals surface area (Å²) < 4.78 is 9.97. The lowest BCUT2D eigenvalue weighted by atomic mass is 10.3. The van der Waals surface area contributed by atoms with Crippen molar-refractivity contribution in [1.29, 1.82) is 5.26 Å². The Morgan fingerprint density at radius 1 is 1.37 bits per heavy atom. The van der Waals surface area contributed by atoms with Gasteiger partial charge in [-0.3, -0.25) is 0 Å². The van der Waals surface area contributed by atoms with E-state index >= 15 is 0 Å². The third kappa shape index (κ3) is 4.72. The van der Waals surface area contributed by atoms with E-state index in [-0.39, 0.29) is 11.7 Å². The molecule has 5 nitrogen and oxygen atoms in total. The number of ether oxygens (including phenoxy) is 2. The van der Waals surface area contributed by atoms with Crippen molar-refractivity contribution in [3.05, 3.63) is 36.0 Å². The summed E-state index contributed by atoms with van der Waals surface area (Å²) in [5.41, 5.74) is 0.651. The van der Waals surface area contributed by atoms with Gasteiger partial charge >= 0.3 is 5.97 Å². The van der Waals surface area contributed by atoms with E-state index in [0.717, 1.165) is 11.4 Å². The van der Waals surface area contributed by atoms with Crippen LogP contribution in [0, 0.1) is 11.3 Å². The molecular formula is C14H16N2O3. The molecule has 0 radical (unpaired) electrons. The lowest BCUT2D eigenvalue weighted by Crippen LogP contribution is -2.06. The monoisotopic (exact) mass is 260 g/mol. The van der Waals surface area contributed by atoms with Crippen molar-refractivity contribution in [2.24, 2.45) is 0 Å². The number of anilines is 1. The van der Waals surface area contributed by atoms with Crippen LogP contribution in [0.3, 0.4) is 0 Å². The largest absolute Gasteiger partial charge is 0.491 e. The summed E-state index contributed by atoms with van der Waals surface area (Å²) in [6.45, 7) is 3.90. The molecule has 0 aliphatic heterocycles. The molecule has 0 bridgehead atoms. The number of nitrogens with one attached hydrogen (secondary N) is 1. The fraction of sp³-hybridized carbons (Fsp3) is 0.286. The zero-order valence-corrected chi connectivity index (χ0v) is 11.1. The quantitative estimate of drug-likeness (QED) is 0.500. The fourth-order valence-electron chi connectivity index (χ4n) is 1.30. The second kappa shape index (κ2) is 7.07. The van der Waals surface area contributed by atoms with Crippen molar-refractivity contribution >= 4 is 11.7 Å². The van der Waals surface area contributed by atoms with Gasteiger partial charge in [0.25, 0.3) is 0 Å². The standard InChI is InChI=1S/C14H16N2O3/c1-10(2)19-13-6-4-12(5-7-13)16-9-11(8-15)14(17)18-3/h4-7,9-10,16H,1-3H3/b11-9+. The third-order valence-electron chi connectivity index (χ3n) is 2.14. The summed E-state index contributed by atoms with van der Waals surface area (Å²) in [7, 11) is 1.23. The van der Waals surface area contributed by atoms with Crippen LogP contribution >= 0.6 is 0 Å². The number of carbonyl (C=O) groups excluding carboxylic acids is 1. The van der Waals surface area contributed by atoms with Crippen molar-refractivity contribution in [3.63, 3.8) is 0 Å². The van der Waals surface area contributed by atoms with Gasteiger partial charge in [0, 0.05) is 11.9 Å². The average Bonchev–Trinajstić information content (AvgIpc) is 2.40. The minimum Gasteiger partial charge on any atom is -0.491 e. The van der Waals surface area contributed by atoms with E-state index in [9.17, 15) is 4.79 Å². The molecule has 0 spiro atoms. The number of benzene rings is 1. The maximum Gasteiger partial charge on any atom is 0.350 e. The van der Waals surface area contributed by atoms with Crippen LogP contribution in [0.15, 0.2) is 36.0 Å². The molecule has 5 heteroatoms. The van der Waals surface area contributed by atoms with Gasteiger partial charge in [0.2, 0.25) is 0 Å². The molecule has 0 aliphatic carbocycles. The first-order valence-corrected chi connectivity index (χ1v) is 5.78. The highest BCUT2D eigenvalue weighted by molar-refractivity contribution is 5.92. The molecule has 0 saturated heterocycles. The van der Waals surface area contributed by atoms with Crippen LogP contribution in [-0.4, -0.2) is 19.2 Å². The zero-order valence-electron chi connectivity index (χ0n) is 11.1. The smallest absolute Gasteiger partial charge is 0.350 e. The van der Waals surface area contributed by atoms with Gasteiger partial charge in [-0.05, 0) is 38.1 Å². The normalized spacial score (nSPS) is 10.8. The first kappa shape index (κ1) is 14.6. The minimum absolute atomic E-state index is 0.0926. The van der Waals surface area contributed by atoms with Gasteiger partial charge in [0.05, 0.1) is 13.2 Å². The Morgan fingerprint density at radius 2 is 2.00 bits per heavy atom. The minimum atomic E-state index is -0.672. The molecule has 0 unspecified atom stereocenters. The molecule has 1 aromatic rings. The summed E-state index contributed by atoms with van der Waals surface area (Å²) in [6, 6.07) is 8.96. The van der Waals surface area contributed by atoms with Crippen LogP contribution in [-0.2, 0) is 9.53 Å². The van der Waals surface area contributed by atoms with Gasteiger partial charge in [0.15, 0.2) is 5.57 Å². The molecule has 1 N–H and O–H groups in total. The molecular weight excluding hydrogens is 244 g/mol. The van der Waals surface area contributed by atoms with Crippen molar-refractivity contribution in [3.8, 4) is 11.8 Å². The predicted octanol–water partition coefficient (Wildman–Crippen LogP) is 2.47. The van der Waals surface area contributed by atoms with Crippen molar-refractivity contribution in [2.45, 2.75) is 20.0 Å². The van der Waals surface area contributed by atoms with E-state index in [4.69, 9.17) is 10.00 Å². The SMILES string of the molecule is COC(=O)/C(C#N)=C/Nc1ccc(OC(C)C)cc1. The van der Waals surface area contributed by atoms with Gasteiger partial charge in [-0.1, -0.05) is 0 Å². The maximum atomic E-state index is 11.2. The number of hydrogen-bond donors (Lipinski definition) is 1. The van der Waals surface area contributed by atoms with Gasteiger partial charge in [-0.25, -0.2) is 4.79 Å². The molecule has 1 rings (SSSR count). The van der Waals surface area contributed by atoms with Crippen molar-refractivity contribution in [1.82, 2.24) is 0 Å². The van der Waals surface area contributed by atoms with E-state index in [1.807, 2.05) is 13.8 Å². The first-order chi connectivity index (χ1) is 9.06. The number of methoxy groups -OCH3 is 1. The number of esters is 1. The molecule has 19 heavy (non-hydrogen) atoms.